The summed E-state index contributed by atoms with van der Waals surface area (Å²) < 4.78 is 18.7. The van der Waals surface area contributed by atoms with Crippen molar-refractivity contribution in [3.05, 3.63) is 24.0 Å². The Balaban J connectivity index is 2.08. The Bertz CT molecular complexity index is 547. The smallest absolute Gasteiger partial charge is 0.319 e. The molecule has 1 atom stereocenters. The molecule has 0 saturated carbocycles. The molecule has 134 valence electrons. The van der Waals surface area contributed by atoms with Crippen LogP contribution in [0.25, 0.3) is 0 Å². The quantitative estimate of drug-likeness (QED) is 0.834. The normalized spacial score (nSPS) is 16.8. The molecule has 0 aromatic heterocycles. The number of nitrogens with one attached hydrogen (secondary N) is 2. The van der Waals surface area contributed by atoms with Crippen molar-refractivity contribution < 1.29 is 13.9 Å². The molecule has 24 heavy (non-hydrogen) atoms. The van der Waals surface area contributed by atoms with E-state index in [4.69, 9.17) is 4.74 Å². The molecule has 1 aromatic rings. The number of rotatable bonds is 6. The topological polar surface area (TPSA) is 56.8 Å². The highest BCUT2D eigenvalue weighted by Crippen LogP contribution is 2.27. The average Bonchev–Trinajstić information content (AvgIpc) is 2.55. The standard InChI is InChI=1S/C17H27FN4O2/c1-4-14(12-24-3)19-17(23)20-15-11-13(18)5-6-16(15)22-9-7-21(2)8-10-22/h5-6,11,14H,4,7-10,12H2,1-3H3,(H2,19,20,23)/t14-/m0/s1. The Labute approximate surface area is 142 Å². The molecule has 0 spiro atoms. The van der Waals surface area contributed by atoms with Gasteiger partial charge in [0.2, 0.25) is 0 Å². The van der Waals surface area contributed by atoms with Gasteiger partial charge in [0.15, 0.2) is 0 Å². The second kappa shape index (κ2) is 8.84. The van der Waals surface area contributed by atoms with E-state index in [1.807, 2.05) is 6.92 Å². The summed E-state index contributed by atoms with van der Waals surface area (Å²) in [6, 6.07) is 4.10. The third-order valence-electron chi connectivity index (χ3n) is 4.25. The molecule has 0 radical (unpaired) electrons. The van der Waals surface area contributed by atoms with Crippen LogP contribution in [0.5, 0.6) is 0 Å². The Morgan fingerprint density at radius 1 is 1.33 bits per heavy atom. The minimum atomic E-state index is -0.368. The van der Waals surface area contributed by atoms with Crippen LogP contribution in [0.3, 0.4) is 0 Å². The lowest BCUT2D eigenvalue weighted by Gasteiger charge is -2.35. The highest BCUT2D eigenvalue weighted by molar-refractivity contribution is 5.93. The maximum atomic E-state index is 13.7. The number of hydrogen-bond acceptors (Lipinski definition) is 4. The van der Waals surface area contributed by atoms with Gasteiger partial charge in [-0.1, -0.05) is 6.92 Å². The van der Waals surface area contributed by atoms with Crippen molar-refractivity contribution in [3.63, 3.8) is 0 Å². The van der Waals surface area contributed by atoms with Crippen molar-refractivity contribution in [2.24, 2.45) is 0 Å². The fraction of sp³-hybridized carbons (Fsp3) is 0.588. The van der Waals surface area contributed by atoms with E-state index in [-0.39, 0.29) is 17.9 Å². The minimum Gasteiger partial charge on any atom is -0.383 e. The van der Waals surface area contributed by atoms with Gasteiger partial charge in [-0.15, -0.1) is 0 Å². The van der Waals surface area contributed by atoms with Crippen LogP contribution >= 0.6 is 0 Å². The van der Waals surface area contributed by atoms with Crippen molar-refractivity contribution in [2.45, 2.75) is 19.4 Å². The number of likely N-dealkylation sites (N-methyl/N-ethyl adjacent to an activating group) is 1. The lowest BCUT2D eigenvalue weighted by atomic mass is 10.2. The zero-order valence-electron chi connectivity index (χ0n) is 14.6. The van der Waals surface area contributed by atoms with E-state index in [0.29, 0.717) is 12.3 Å². The van der Waals surface area contributed by atoms with Gasteiger partial charge >= 0.3 is 6.03 Å². The fourth-order valence-electron chi connectivity index (χ4n) is 2.74. The van der Waals surface area contributed by atoms with Crippen LogP contribution in [0.1, 0.15) is 13.3 Å². The molecule has 2 N–H and O–H groups in total. The number of carbonyl (C=O) groups is 1. The zero-order chi connectivity index (χ0) is 17.5. The number of methoxy groups -OCH3 is 1. The molecule has 1 fully saturated rings. The first kappa shape index (κ1) is 18.5. The first-order chi connectivity index (χ1) is 11.5. The van der Waals surface area contributed by atoms with Gasteiger partial charge in [0, 0.05) is 33.3 Å². The highest BCUT2D eigenvalue weighted by Gasteiger charge is 2.19. The van der Waals surface area contributed by atoms with Crippen molar-refractivity contribution >= 4 is 17.4 Å². The maximum Gasteiger partial charge on any atom is 0.319 e. The van der Waals surface area contributed by atoms with Gasteiger partial charge in [-0.25, -0.2) is 9.18 Å². The molecule has 6 nitrogen and oxygen atoms in total. The van der Waals surface area contributed by atoms with Gasteiger partial charge in [0.05, 0.1) is 24.0 Å². The van der Waals surface area contributed by atoms with E-state index in [1.165, 1.54) is 12.1 Å². The highest BCUT2D eigenvalue weighted by atomic mass is 19.1. The van der Waals surface area contributed by atoms with Crippen molar-refractivity contribution in [1.29, 1.82) is 0 Å². The first-order valence-corrected chi connectivity index (χ1v) is 8.33. The number of piperazine rings is 1. The van der Waals surface area contributed by atoms with Crippen LogP contribution in [-0.2, 0) is 4.74 Å². The molecule has 0 unspecified atom stereocenters. The molecule has 1 heterocycles. The SMILES string of the molecule is CC[C@@H](COC)NC(=O)Nc1cc(F)ccc1N1CCN(C)CC1. The van der Waals surface area contributed by atoms with E-state index in [9.17, 15) is 9.18 Å². The number of hydrogen-bond donors (Lipinski definition) is 2. The number of ether oxygens (including phenoxy) is 1. The molecule has 2 rings (SSSR count). The number of carbonyl (C=O) groups excluding carboxylic acids is 1. The average molecular weight is 338 g/mol. The van der Waals surface area contributed by atoms with Gasteiger partial charge in [0.1, 0.15) is 5.82 Å². The van der Waals surface area contributed by atoms with Crippen LogP contribution in [0.15, 0.2) is 18.2 Å². The maximum absolute atomic E-state index is 13.7. The predicted molar refractivity (Wildman–Crippen MR) is 94.2 cm³/mol. The Kier molecular flexibility index (Phi) is 6.81. The van der Waals surface area contributed by atoms with Gasteiger partial charge < -0.3 is 25.2 Å². The summed E-state index contributed by atoms with van der Waals surface area (Å²) in [6.07, 6.45) is 0.760. The summed E-state index contributed by atoms with van der Waals surface area (Å²) in [4.78, 5) is 16.6. The van der Waals surface area contributed by atoms with E-state index in [0.717, 1.165) is 38.3 Å². The number of urea groups is 1. The summed E-state index contributed by atoms with van der Waals surface area (Å²) in [5.74, 6) is -0.368. The lowest BCUT2D eigenvalue weighted by Crippen LogP contribution is -2.45. The first-order valence-electron chi connectivity index (χ1n) is 8.33. The van der Waals surface area contributed by atoms with Crippen LogP contribution in [-0.4, -0.2) is 63.9 Å². The molecule has 0 aliphatic carbocycles. The van der Waals surface area contributed by atoms with Gasteiger partial charge in [-0.05, 0) is 31.7 Å². The minimum absolute atomic E-state index is 0.0735. The van der Waals surface area contributed by atoms with Crippen molar-refractivity contribution in [1.82, 2.24) is 10.2 Å². The molecular weight excluding hydrogens is 311 g/mol. The van der Waals surface area contributed by atoms with E-state index in [1.54, 1.807) is 13.2 Å². The number of anilines is 2. The molecule has 0 bridgehead atoms. The second-order valence-electron chi connectivity index (χ2n) is 6.11. The lowest BCUT2D eigenvalue weighted by molar-refractivity contribution is 0.165. The van der Waals surface area contributed by atoms with E-state index < -0.39 is 0 Å². The third kappa shape index (κ3) is 5.07. The number of benzene rings is 1. The molecule has 1 aliphatic rings. The zero-order valence-corrected chi connectivity index (χ0v) is 14.6. The summed E-state index contributed by atoms with van der Waals surface area (Å²) >= 11 is 0. The van der Waals surface area contributed by atoms with Crippen LogP contribution < -0.4 is 15.5 Å². The molecule has 1 aliphatic heterocycles. The molecule has 1 aromatic carbocycles. The Hall–Kier alpha value is -1.86. The fourth-order valence-corrected chi connectivity index (χ4v) is 2.74. The monoisotopic (exact) mass is 338 g/mol. The van der Waals surface area contributed by atoms with Crippen molar-refractivity contribution in [2.75, 3.05) is 57.2 Å². The van der Waals surface area contributed by atoms with Gasteiger partial charge in [0.25, 0.3) is 0 Å². The number of amides is 2. The summed E-state index contributed by atoms with van der Waals surface area (Å²) in [5.41, 5.74) is 1.34. The van der Waals surface area contributed by atoms with E-state index >= 15 is 0 Å². The van der Waals surface area contributed by atoms with Crippen molar-refractivity contribution in [3.8, 4) is 0 Å². The summed E-state index contributed by atoms with van der Waals surface area (Å²) in [7, 11) is 3.68. The van der Waals surface area contributed by atoms with Crippen LogP contribution in [0.2, 0.25) is 0 Å². The summed E-state index contributed by atoms with van der Waals surface area (Å²) in [5, 5.41) is 5.63. The largest absolute Gasteiger partial charge is 0.383 e. The van der Waals surface area contributed by atoms with Crippen LogP contribution in [0, 0.1) is 5.82 Å². The molecule has 7 heteroatoms. The van der Waals surface area contributed by atoms with Gasteiger partial charge in [-0.2, -0.15) is 0 Å². The van der Waals surface area contributed by atoms with E-state index in [2.05, 4.69) is 27.5 Å². The summed E-state index contributed by atoms with van der Waals surface area (Å²) in [6.45, 7) is 5.99. The number of halogens is 1. The number of nitrogens with zero attached hydrogens (tertiary/aromatic N) is 2. The molecule has 1 saturated heterocycles. The molecule has 2 amide bonds. The second-order valence-corrected chi connectivity index (χ2v) is 6.11. The Morgan fingerprint density at radius 3 is 2.67 bits per heavy atom. The van der Waals surface area contributed by atoms with Crippen LogP contribution in [0.4, 0.5) is 20.6 Å². The predicted octanol–water partition coefficient (Wildman–Crippen LogP) is 2.12. The molecular formula is C17H27FN4O2. The third-order valence-corrected chi connectivity index (χ3v) is 4.25. The Morgan fingerprint density at radius 2 is 2.04 bits per heavy atom. The van der Waals surface area contributed by atoms with Gasteiger partial charge in [-0.3, -0.25) is 0 Å².